The molecule has 4 aromatic rings. The van der Waals surface area contributed by atoms with Gasteiger partial charge in [0.15, 0.2) is 0 Å². The Kier molecular flexibility index (Phi) is 9.74. The van der Waals surface area contributed by atoms with Gasteiger partial charge >= 0.3 is 18.9 Å². The Labute approximate surface area is 205 Å². The zero-order valence-electron chi connectivity index (χ0n) is 17.1. The van der Waals surface area contributed by atoms with E-state index in [1.54, 1.807) is 54.6 Å². The Balaban J connectivity index is 0.000000307. The number of hydrogen-bond donors (Lipinski definition) is 2. The second kappa shape index (κ2) is 12.5. The first kappa shape index (κ1) is 24.9. The van der Waals surface area contributed by atoms with E-state index in [4.69, 9.17) is 11.0 Å². The number of carbonyl (C=O) groups is 2. The van der Waals surface area contributed by atoms with Gasteiger partial charge in [0.2, 0.25) is 0 Å². The average Bonchev–Trinajstić information content (AvgIpc) is 3.49. The molecule has 2 amide bonds. The van der Waals surface area contributed by atoms with Gasteiger partial charge in [0.25, 0.3) is 11.8 Å². The van der Waals surface area contributed by atoms with Crippen LogP contribution in [0.2, 0.25) is 0 Å². The Bertz CT molecular complexity index is 1120. The second-order valence-corrected chi connectivity index (χ2v) is 7.94. The number of nitrogens with one attached hydrogen (secondary N) is 3. The summed E-state index contributed by atoms with van der Waals surface area (Å²) in [6.45, 7) is 0. The Hall–Kier alpha value is -3.33. The van der Waals surface area contributed by atoms with Crippen molar-refractivity contribution in [3.05, 3.63) is 105 Å². The number of thiophene rings is 2. The summed E-state index contributed by atoms with van der Waals surface area (Å²) in [5.74, 6) is -0.357. The molecule has 0 aliphatic rings. The molecule has 2 aromatic heterocycles. The summed E-state index contributed by atoms with van der Waals surface area (Å²) in [7, 11) is 0. The van der Waals surface area contributed by atoms with E-state index in [0.717, 1.165) is 0 Å². The largest absolute Gasteiger partial charge is 1.00 e. The van der Waals surface area contributed by atoms with E-state index in [2.05, 4.69) is 16.7 Å². The van der Waals surface area contributed by atoms with Gasteiger partial charge in [0.05, 0.1) is 21.4 Å². The first-order valence-electron chi connectivity index (χ1n) is 8.98. The van der Waals surface area contributed by atoms with Crippen LogP contribution < -0.4 is 29.5 Å². The van der Waals surface area contributed by atoms with E-state index in [0.29, 0.717) is 32.4 Å². The SMILES string of the molecule is N#Cc1ccc([NH-])cc1.O=C(Nc1[c-]ccc(NC(=O)c2cccs2)c1)c1cccs1.[Li+]. The molecule has 2 heterocycles. The maximum absolute atomic E-state index is 12.0. The number of nitrogens with zero attached hydrogens (tertiary/aromatic N) is 1. The van der Waals surface area contributed by atoms with Crippen molar-refractivity contribution in [1.82, 2.24) is 0 Å². The van der Waals surface area contributed by atoms with Gasteiger partial charge in [-0.05, 0) is 35.0 Å². The molecule has 154 valence electrons. The third-order valence-electron chi connectivity index (χ3n) is 3.81. The van der Waals surface area contributed by atoms with E-state index in [-0.39, 0.29) is 30.7 Å². The molecule has 0 saturated carbocycles. The summed E-state index contributed by atoms with van der Waals surface area (Å²) in [5, 5.41) is 17.6. The monoisotopic (exact) mass is 451 g/mol. The maximum Gasteiger partial charge on any atom is 1.00 e. The van der Waals surface area contributed by atoms with Gasteiger partial charge in [0, 0.05) is 0 Å². The van der Waals surface area contributed by atoms with Gasteiger partial charge in [-0.25, -0.2) is 0 Å². The number of nitriles is 1. The van der Waals surface area contributed by atoms with Gasteiger partial charge in [-0.1, -0.05) is 35.6 Å². The van der Waals surface area contributed by atoms with Crippen LogP contribution in [0.5, 0.6) is 0 Å². The van der Waals surface area contributed by atoms with Crippen molar-refractivity contribution < 1.29 is 28.4 Å². The molecule has 0 atom stereocenters. The third kappa shape index (κ3) is 7.42. The second-order valence-electron chi connectivity index (χ2n) is 6.04. The fourth-order valence-electron chi connectivity index (χ4n) is 2.35. The summed E-state index contributed by atoms with van der Waals surface area (Å²) in [6.07, 6.45) is 0. The number of hydrogen-bond acceptors (Lipinski definition) is 5. The Morgan fingerprint density at radius 3 is 2.03 bits per heavy atom. The van der Waals surface area contributed by atoms with Crippen LogP contribution in [0.1, 0.15) is 24.9 Å². The van der Waals surface area contributed by atoms with Crippen LogP contribution in [-0.4, -0.2) is 11.8 Å². The molecular formula is C23H16LiN4O2S2-. The van der Waals surface area contributed by atoms with Crippen molar-refractivity contribution in [2.24, 2.45) is 0 Å². The molecule has 4 rings (SSSR count). The normalized spacial score (nSPS) is 9.34. The van der Waals surface area contributed by atoms with Gasteiger partial charge in [0.1, 0.15) is 0 Å². The zero-order valence-corrected chi connectivity index (χ0v) is 18.7. The molecule has 0 bridgehead atoms. The first-order chi connectivity index (χ1) is 15.0. The summed E-state index contributed by atoms with van der Waals surface area (Å²) >= 11 is 2.74. The molecule has 2 aromatic carbocycles. The van der Waals surface area contributed by atoms with Crippen LogP contribution in [0.25, 0.3) is 5.73 Å². The smallest absolute Gasteiger partial charge is 0.699 e. The third-order valence-corrected chi connectivity index (χ3v) is 5.55. The molecule has 0 aliphatic carbocycles. The summed E-state index contributed by atoms with van der Waals surface area (Å²) < 4.78 is 0. The van der Waals surface area contributed by atoms with E-state index in [9.17, 15) is 9.59 Å². The van der Waals surface area contributed by atoms with Crippen LogP contribution in [0.4, 0.5) is 17.1 Å². The Morgan fingerprint density at radius 2 is 1.50 bits per heavy atom. The quantitative estimate of drug-likeness (QED) is 0.367. The molecule has 32 heavy (non-hydrogen) atoms. The minimum absolute atomic E-state index is 0. The maximum atomic E-state index is 12.0. The minimum atomic E-state index is -0.187. The van der Waals surface area contributed by atoms with E-state index in [1.165, 1.54) is 22.7 Å². The fourth-order valence-corrected chi connectivity index (χ4v) is 3.59. The number of amides is 2. The molecule has 0 aliphatic heterocycles. The molecule has 0 spiro atoms. The number of anilines is 2. The van der Waals surface area contributed by atoms with Crippen LogP contribution >= 0.6 is 22.7 Å². The van der Waals surface area contributed by atoms with Crippen molar-refractivity contribution >= 4 is 51.6 Å². The van der Waals surface area contributed by atoms with Crippen LogP contribution in [-0.2, 0) is 0 Å². The van der Waals surface area contributed by atoms with Gasteiger partial charge in [-0.2, -0.15) is 17.4 Å². The summed E-state index contributed by atoms with van der Waals surface area (Å²) in [5.41, 5.74) is 9.22. The van der Waals surface area contributed by atoms with Crippen molar-refractivity contribution in [2.45, 2.75) is 0 Å². The average molecular weight is 451 g/mol. The molecule has 0 radical (unpaired) electrons. The Morgan fingerprint density at radius 1 is 0.906 bits per heavy atom. The molecule has 0 unspecified atom stereocenters. The van der Waals surface area contributed by atoms with Crippen molar-refractivity contribution in [1.29, 1.82) is 5.26 Å². The van der Waals surface area contributed by atoms with E-state index >= 15 is 0 Å². The molecule has 3 N–H and O–H groups in total. The standard InChI is InChI=1S/C16H11N2O2S2.C7H5N2.Li/c19-15(13-6-2-8-21-13)17-11-4-1-5-12(10-11)18-16(20)14-7-3-9-22-14;8-5-6-1-3-7(9)4-2-6;/h1-4,6-10H,(H,17,19)(H,18,20);1-4,9H;/q2*-1;+1. The summed E-state index contributed by atoms with van der Waals surface area (Å²) in [6, 6.07) is 23.6. The molecule has 0 saturated heterocycles. The number of rotatable bonds is 4. The van der Waals surface area contributed by atoms with Crippen molar-refractivity contribution in [3.8, 4) is 6.07 Å². The minimum Gasteiger partial charge on any atom is -0.699 e. The van der Waals surface area contributed by atoms with Crippen LogP contribution in [0.15, 0.2) is 77.5 Å². The van der Waals surface area contributed by atoms with Crippen molar-refractivity contribution in [2.75, 3.05) is 10.6 Å². The number of carbonyl (C=O) groups excluding carboxylic acids is 2. The van der Waals surface area contributed by atoms with E-state index in [1.807, 2.05) is 29.0 Å². The molecule has 0 fully saturated rings. The predicted octanol–water partition coefficient (Wildman–Crippen LogP) is 3.36. The summed E-state index contributed by atoms with van der Waals surface area (Å²) in [4.78, 5) is 25.3. The zero-order chi connectivity index (χ0) is 22.1. The van der Waals surface area contributed by atoms with Crippen LogP contribution in [0, 0.1) is 17.4 Å². The fraction of sp³-hybridized carbons (Fsp3) is 0. The predicted molar refractivity (Wildman–Crippen MR) is 125 cm³/mol. The van der Waals surface area contributed by atoms with Crippen molar-refractivity contribution in [3.63, 3.8) is 0 Å². The number of benzene rings is 2. The van der Waals surface area contributed by atoms with Gasteiger partial charge in [-0.3, -0.25) is 9.59 Å². The van der Waals surface area contributed by atoms with Gasteiger partial charge < -0.3 is 16.4 Å². The molecular weight excluding hydrogens is 435 g/mol. The van der Waals surface area contributed by atoms with Crippen LogP contribution in [0.3, 0.4) is 0 Å². The molecule has 9 heteroatoms. The topological polar surface area (TPSA) is 106 Å². The first-order valence-corrected chi connectivity index (χ1v) is 10.7. The van der Waals surface area contributed by atoms with Gasteiger partial charge in [-0.15, -0.1) is 40.5 Å². The van der Waals surface area contributed by atoms with E-state index < -0.39 is 0 Å². The molecule has 6 nitrogen and oxygen atoms in total.